The molecule has 66 valence electrons. The molecule has 0 spiro atoms. The molecule has 12 heavy (non-hydrogen) atoms. The van der Waals surface area contributed by atoms with Gasteiger partial charge in [0.25, 0.3) is 0 Å². The van der Waals surface area contributed by atoms with Crippen molar-refractivity contribution >= 4 is 17.8 Å². The zero-order chi connectivity index (χ0) is 9.14. The summed E-state index contributed by atoms with van der Waals surface area (Å²) in [5, 5.41) is 0.173. The van der Waals surface area contributed by atoms with Crippen molar-refractivity contribution < 1.29 is 14.3 Å². The number of aromatic amines is 1. The van der Waals surface area contributed by atoms with Crippen LogP contribution in [0, 0.1) is 6.92 Å². The predicted octanol–water partition coefficient (Wildman–Crippen LogP) is 1.52. The van der Waals surface area contributed by atoms with E-state index in [9.17, 15) is 4.79 Å². The van der Waals surface area contributed by atoms with E-state index in [1.165, 1.54) is 7.11 Å². The van der Waals surface area contributed by atoms with Gasteiger partial charge in [0.2, 0.25) is 11.2 Å². The van der Waals surface area contributed by atoms with Crippen molar-refractivity contribution in [2.75, 3.05) is 7.11 Å². The summed E-state index contributed by atoms with van der Waals surface area (Å²) in [4.78, 5) is 16.9. The van der Waals surface area contributed by atoms with E-state index in [0.29, 0.717) is 5.69 Å². The van der Waals surface area contributed by atoms with Crippen LogP contribution in [0.1, 0.15) is 5.69 Å². The lowest BCUT2D eigenvalue weighted by Crippen LogP contribution is -2.08. The topological polar surface area (TPSA) is 64.2 Å². The van der Waals surface area contributed by atoms with Gasteiger partial charge in [-0.15, -0.1) is 0 Å². The van der Waals surface area contributed by atoms with Gasteiger partial charge in [0.15, 0.2) is 0 Å². The molecule has 0 amide bonds. The largest absolute Gasteiger partial charge is 0.514 e. The lowest BCUT2D eigenvalue weighted by molar-refractivity contribution is 0.119. The first-order valence-electron chi connectivity index (χ1n) is 3.11. The highest BCUT2D eigenvalue weighted by Gasteiger charge is 2.10. The maximum absolute atomic E-state index is 10.6. The average Bonchev–Trinajstić information content (AvgIpc) is 2.30. The number of methoxy groups -OCH3 is 1. The molecule has 0 bridgehead atoms. The van der Waals surface area contributed by atoms with E-state index in [1.54, 1.807) is 6.92 Å². The summed E-state index contributed by atoms with van der Waals surface area (Å²) in [6.45, 7) is 1.68. The van der Waals surface area contributed by atoms with Gasteiger partial charge in [0.1, 0.15) is 0 Å². The molecule has 1 heterocycles. The molecule has 1 aromatic rings. The molecular weight excluding hydrogens is 184 g/mol. The number of nitrogens with zero attached hydrogens (tertiary/aromatic N) is 1. The number of halogens is 1. The Bertz CT molecular complexity index is 297. The highest BCUT2D eigenvalue weighted by Crippen LogP contribution is 2.16. The number of imidazole rings is 1. The average molecular weight is 191 g/mol. The Kier molecular flexibility index (Phi) is 2.54. The second-order valence-corrected chi connectivity index (χ2v) is 2.37. The van der Waals surface area contributed by atoms with Crippen LogP contribution in [-0.4, -0.2) is 23.2 Å². The molecule has 1 aromatic heterocycles. The number of hydrogen-bond acceptors (Lipinski definition) is 4. The Labute approximate surface area is 73.6 Å². The lowest BCUT2D eigenvalue weighted by Gasteiger charge is -1.97. The van der Waals surface area contributed by atoms with Gasteiger partial charge in [-0.25, -0.2) is 4.79 Å². The van der Waals surface area contributed by atoms with E-state index < -0.39 is 6.16 Å². The summed E-state index contributed by atoms with van der Waals surface area (Å²) in [7, 11) is 1.21. The fourth-order valence-corrected chi connectivity index (χ4v) is 0.848. The Balaban J connectivity index is 2.75. The minimum absolute atomic E-state index is 0.131. The van der Waals surface area contributed by atoms with E-state index in [4.69, 9.17) is 11.6 Å². The van der Waals surface area contributed by atoms with Crippen LogP contribution in [0.2, 0.25) is 5.28 Å². The van der Waals surface area contributed by atoms with Crippen LogP contribution in [-0.2, 0) is 4.74 Å². The molecule has 0 aliphatic carbocycles. The van der Waals surface area contributed by atoms with E-state index in [2.05, 4.69) is 19.4 Å². The first-order chi connectivity index (χ1) is 5.63. The monoisotopic (exact) mass is 190 g/mol. The number of carbonyl (C=O) groups excluding carboxylic acids is 1. The van der Waals surface area contributed by atoms with Gasteiger partial charge < -0.3 is 14.5 Å². The van der Waals surface area contributed by atoms with E-state index in [0.717, 1.165) is 0 Å². The Morgan fingerprint density at radius 2 is 2.33 bits per heavy atom. The van der Waals surface area contributed by atoms with Gasteiger partial charge in [0.05, 0.1) is 12.8 Å². The number of carbonyl (C=O) groups is 1. The van der Waals surface area contributed by atoms with Crippen molar-refractivity contribution in [1.82, 2.24) is 9.97 Å². The SMILES string of the molecule is COC(=O)Oc1nc(Cl)[nH]c1C. The first-order valence-corrected chi connectivity index (χ1v) is 3.49. The fourth-order valence-electron chi connectivity index (χ4n) is 0.629. The van der Waals surface area contributed by atoms with Crippen molar-refractivity contribution in [1.29, 1.82) is 0 Å². The van der Waals surface area contributed by atoms with Crippen molar-refractivity contribution in [2.24, 2.45) is 0 Å². The highest BCUT2D eigenvalue weighted by atomic mass is 35.5. The molecule has 0 aliphatic heterocycles. The maximum Gasteiger partial charge on any atom is 0.514 e. The quantitative estimate of drug-likeness (QED) is 0.682. The Hall–Kier alpha value is -1.23. The standard InChI is InChI=1S/C6H7ClN2O3/c1-3-4(9-5(7)8-3)12-6(10)11-2/h1-2H3,(H,8,9). The van der Waals surface area contributed by atoms with Crippen molar-refractivity contribution in [2.45, 2.75) is 6.92 Å². The van der Waals surface area contributed by atoms with Crippen molar-refractivity contribution in [3.05, 3.63) is 11.0 Å². The van der Waals surface area contributed by atoms with Crippen LogP contribution >= 0.6 is 11.6 Å². The second-order valence-electron chi connectivity index (χ2n) is 2.01. The van der Waals surface area contributed by atoms with Gasteiger partial charge in [-0.05, 0) is 18.5 Å². The molecule has 0 atom stereocenters. The molecule has 0 unspecified atom stereocenters. The predicted molar refractivity (Wildman–Crippen MR) is 41.4 cm³/mol. The molecule has 0 saturated carbocycles. The van der Waals surface area contributed by atoms with Crippen LogP contribution < -0.4 is 4.74 Å². The van der Waals surface area contributed by atoms with Crippen molar-refractivity contribution in [3.8, 4) is 5.88 Å². The number of hydrogen-bond donors (Lipinski definition) is 1. The van der Waals surface area contributed by atoms with Gasteiger partial charge in [-0.3, -0.25) is 0 Å². The molecule has 6 heteroatoms. The molecule has 0 aromatic carbocycles. The molecular formula is C6H7ClN2O3. The third-order valence-electron chi connectivity index (χ3n) is 1.16. The van der Waals surface area contributed by atoms with Crippen LogP contribution in [0.4, 0.5) is 4.79 Å². The number of aryl methyl sites for hydroxylation is 1. The molecule has 0 saturated heterocycles. The second kappa shape index (κ2) is 3.44. The van der Waals surface area contributed by atoms with Crippen LogP contribution in [0.25, 0.3) is 0 Å². The third-order valence-corrected chi connectivity index (χ3v) is 1.34. The number of nitrogens with one attached hydrogen (secondary N) is 1. The van der Waals surface area contributed by atoms with Gasteiger partial charge >= 0.3 is 6.16 Å². The number of rotatable bonds is 1. The van der Waals surface area contributed by atoms with Gasteiger partial charge in [-0.1, -0.05) is 0 Å². The van der Waals surface area contributed by atoms with Crippen LogP contribution in [0.15, 0.2) is 0 Å². The fraction of sp³-hybridized carbons (Fsp3) is 0.333. The molecule has 1 rings (SSSR count). The summed E-state index contributed by atoms with van der Waals surface area (Å²) in [5.74, 6) is 0.131. The van der Waals surface area contributed by atoms with Gasteiger partial charge in [-0.2, -0.15) is 4.98 Å². The summed E-state index contributed by atoms with van der Waals surface area (Å²) in [6, 6.07) is 0. The van der Waals surface area contributed by atoms with Crippen LogP contribution in [0.3, 0.4) is 0 Å². The summed E-state index contributed by atoms with van der Waals surface area (Å²) >= 11 is 5.49. The number of ether oxygens (including phenoxy) is 2. The zero-order valence-corrected chi connectivity index (χ0v) is 7.31. The Morgan fingerprint density at radius 1 is 1.67 bits per heavy atom. The minimum Gasteiger partial charge on any atom is -0.437 e. The van der Waals surface area contributed by atoms with E-state index >= 15 is 0 Å². The molecule has 0 aliphatic rings. The molecule has 0 radical (unpaired) electrons. The van der Waals surface area contributed by atoms with E-state index in [-0.39, 0.29) is 11.2 Å². The maximum atomic E-state index is 10.6. The number of H-pyrrole nitrogens is 1. The Morgan fingerprint density at radius 3 is 2.75 bits per heavy atom. The lowest BCUT2D eigenvalue weighted by atomic mass is 10.5. The first kappa shape index (κ1) is 8.86. The van der Waals surface area contributed by atoms with Gasteiger partial charge in [0, 0.05) is 0 Å². The highest BCUT2D eigenvalue weighted by molar-refractivity contribution is 6.28. The van der Waals surface area contributed by atoms with Crippen molar-refractivity contribution in [3.63, 3.8) is 0 Å². The molecule has 0 fully saturated rings. The smallest absolute Gasteiger partial charge is 0.437 e. The minimum atomic E-state index is -0.818. The van der Waals surface area contributed by atoms with Crippen LogP contribution in [0.5, 0.6) is 5.88 Å². The number of aromatic nitrogens is 2. The molecule has 5 nitrogen and oxygen atoms in total. The summed E-state index contributed by atoms with van der Waals surface area (Å²) in [5.41, 5.74) is 0.574. The van der Waals surface area contributed by atoms with E-state index in [1.807, 2.05) is 0 Å². The third kappa shape index (κ3) is 1.88. The zero-order valence-electron chi connectivity index (χ0n) is 6.55. The summed E-state index contributed by atoms with van der Waals surface area (Å²) < 4.78 is 8.89. The summed E-state index contributed by atoms with van der Waals surface area (Å²) in [6.07, 6.45) is -0.818. The normalized spacial score (nSPS) is 9.58. The molecule has 1 N–H and O–H groups in total.